The van der Waals surface area contributed by atoms with Crippen molar-refractivity contribution in [1.82, 2.24) is 4.98 Å². The molecule has 1 unspecified atom stereocenters. The predicted molar refractivity (Wildman–Crippen MR) is 120 cm³/mol. The fraction of sp³-hybridized carbons (Fsp3) is 0.333. The number of fused-ring (bicyclic) bond motifs is 1. The number of carbonyl (C=O) groups is 1. The summed E-state index contributed by atoms with van der Waals surface area (Å²) in [6.45, 7) is 0.534. The van der Waals surface area contributed by atoms with Crippen LogP contribution in [0.3, 0.4) is 0 Å². The van der Waals surface area contributed by atoms with Gasteiger partial charge < -0.3 is 25.0 Å². The number of aromatic amines is 1. The average molecular weight is 527 g/mol. The lowest BCUT2D eigenvalue weighted by Crippen LogP contribution is -2.34. The van der Waals surface area contributed by atoms with E-state index in [2.05, 4.69) is 4.98 Å². The van der Waals surface area contributed by atoms with Gasteiger partial charge in [-0.3, -0.25) is 9.59 Å². The van der Waals surface area contributed by atoms with Crippen LogP contribution in [0.5, 0.6) is 0 Å². The summed E-state index contributed by atoms with van der Waals surface area (Å²) >= 11 is 0. The quantitative estimate of drug-likeness (QED) is 0.350. The zero-order chi connectivity index (χ0) is 26.7. The topological polar surface area (TPSA) is 98.0 Å². The van der Waals surface area contributed by atoms with E-state index in [-0.39, 0.29) is 29.9 Å². The van der Waals surface area contributed by atoms with Crippen LogP contribution in [-0.4, -0.2) is 47.4 Å². The number of aliphatic hydroxyl groups is 1. The van der Waals surface area contributed by atoms with E-state index in [0.717, 1.165) is 24.4 Å². The van der Waals surface area contributed by atoms with Crippen LogP contribution in [0.15, 0.2) is 47.4 Å². The number of hydrogen-bond acceptors (Lipinski definition) is 5. The summed E-state index contributed by atoms with van der Waals surface area (Å²) in [5.74, 6) is -1.31. The van der Waals surface area contributed by atoms with E-state index < -0.39 is 57.6 Å². The van der Waals surface area contributed by atoms with Crippen molar-refractivity contribution in [1.29, 1.82) is 0 Å². The van der Waals surface area contributed by atoms with Crippen molar-refractivity contribution >= 4 is 28.2 Å². The Morgan fingerprint density at radius 1 is 1.08 bits per heavy atom. The molecule has 3 heterocycles. The Balaban J connectivity index is 1.51. The smallest absolute Gasteiger partial charge is 0.391 e. The number of anilines is 2. The van der Waals surface area contributed by atoms with Gasteiger partial charge in [-0.15, -0.1) is 0 Å². The molecule has 2 aliphatic heterocycles. The zero-order valence-corrected chi connectivity index (χ0v) is 18.8. The molecule has 2 fully saturated rings. The standard InChI is InChI=1S/C24H19F6N3O4/c25-23(26,27)14-2-1-3-17-20(14)21(35)13(8-31-17)22(36)32-16-5-4-11(6-15(16)24(28,29)30)33-9-12(34)7-18(33)19-10-37-19/h1-6,8,12,18-19,34H,7,9-10H2,(H,31,35)(H,32,36)/t12-,18?,19+/m0/s1. The van der Waals surface area contributed by atoms with Gasteiger partial charge in [-0.25, -0.2) is 0 Å². The third-order valence-electron chi connectivity index (χ3n) is 6.46. The van der Waals surface area contributed by atoms with Crippen LogP contribution in [0.1, 0.15) is 27.9 Å². The number of aliphatic hydroxyl groups excluding tert-OH is 1. The Labute approximate surface area is 204 Å². The molecular formula is C24H19F6N3O4. The number of nitrogens with zero attached hydrogens (tertiary/aromatic N) is 1. The largest absolute Gasteiger partial charge is 0.418 e. The summed E-state index contributed by atoms with van der Waals surface area (Å²) in [7, 11) is 0. The van der Waals surface area contributed by atoms with Gasteiger partial charge in [0, 0.05) is 23.9 Å². The molecule has 1 aromatic heterocycles. The van der Waals surface area contributed by atoms with Crippen LogP contribution in [0.2, 0.25) is 0 Å². The average Bonchev–Trinajstić information content (AvgIpc) is 3.59. The fourth-order valence-corrected chi connectivity index (χ4v) is 4.69. The fourth-order valence-electron chi connectivity index (χ4n) is 4.69. The number of halogens is 6. The van der Waals surface area contributed by atoms with Gasteiger partial charge >= 0.3 is 12.4 Å². The molecule has 3 atom stereocenters. The lowest BCUT2D eigenvalue weighted by molar-refractivity contribution is -0.137. The number of carbonyl (C=O) groups excluding carboxylic acids is 1. The van der Waals surface area contributed by atoms with Gasteiger partial charge in [0.2, 0.25) is 5.43 Å². The van der Waals surface area contributed by atoms with E-state index >= 15 is 0 Å². The van der Waals surface area contributed by atoms with Crippen LogP contribution in [-0.2, 0) is 17.1 Å². The number of hydrogen-bond donors (Lipinski definition) is 3. The molecule has 0 saturated carbocycles. The van der Waals surface area contributed by atoms with Crippen LogP contribution in [0.4, 0.5) is 37.7 Å². The molecule has 7 nitrogen and oxygen atoms in total. The predicted octanol–water partition coefficient (Wildman–Crippen LogP) is 4.16. The molecule has 2 saturated heterocycles. The number of rotatable bonds is 4. The molecule has 5 rings (SSSR count). The summed E-state index contributed by atoms with van der Waals surface area (Å²) in [6.07, 6.45) is -9.57. The van der Waals surface area contributed by atoms with E-state index in [1.807, 2.05) is 5.32 Å². The molecule has 196 valence electrons. The van der Waals surface area contributed by atoms with Gasteiger partial charge in [-0.05, 0) is 36.8 Å². The normalized spacial score (nSPS) is 21.9. The number of amides is 1. The van der Waals surface area contributed by atoms with Crippen molar-refractivity contribution in [3.63, 3.8) is 0 Å². The van der Waals surface area contributed by atoms with Crippen LogP contribution in [0.25, 0.3) is 10.9 Å². The number of alkyl halides is 6. The van der Waals surface area contributed by atoms with Gasteiger partial charge in [-0.2, -0.15) is 26.3 Å². The summed E-state index contributed by atoms with van der Waals surface area (Å²) < 4.78 is 87.4. The maximum Gasteiger partial charge on any atom is 0.418 e. The van der Waals surface area contributed by atoms with Crippen LogP contribution < -0.4 is 15.6 Å². The molecule has 0 bridgehead atoms. The van der Waals surface area contributed by atoms with E-state index in [1.54, 1.807) is 4.90 Å². The first-order chi connectivity index (χ1) is 17.3. The van der Waals surface area contributed by atoms with Gasteiger partial charge in [0.15, 0.2) is 0 Å². The molecule has 3 N–H and O–H groups in total. The van der Waals surface area contributed by atoms with Crippen molar-refractivity contribution in [2.75, 3.05) is 23.4 Å². The summed E-state index contributed by atoms with van der Waals surface area (Å²) in [4.78, 5) is 29.7. The molecule has 0 aliphatic carbocycles. The number of nitrogens with one attached hydrogen (secondary N) is 2. The van der Waals surface area contributed by atoms with Gasteiger partial charge in [0.25, 0.3) is 5.91 Å². The summed E-state index contributed by atoms with van der Waals surface area (Å²) in [5.41, 5.74) is -5.26. The van der Waals surface area contributed by atoms with Crippen molar-refractivity contribution < 1.29 is 41.0 Å². The van der Waals surface area contributed by atoms with Gasteiger partial charge in [-0.1, -0.05) is 6.07 Å². The van der Waals surface area contributed by atoms with Crippen molar-refractivity contribution in [2.24, 2.45) is 0 Å². The van der Waals surface area contributed by atoms with Crippen LogP contribution in [0, 0.1) is 0 Å². The number of aromatic nitrogens is 1. The molecule has 13 heteroatoms. The summed E-state index contributed by atoms with van der Waals surface area (Å²) in [5, 5.41) is 11.2. The maximum atomic E-state index is 13.9. The van der Waals surface area contributed by atoms with Crippen molar-refractivity contribution in [2.45, 2.75) is 37.0 Å². The Morgan fingerprint density at radius 3 is 2.43 bits per heavy atom. The Bertz CT molecular complexity index is 1430. The first kappa shape index (κ1) is 25.1. The minimum atomic E-state index is -4.91. The number of epoxide rings is 1. The highest BCUT2D eigenvalue weighted by molar-refractivity contribution is 6.06. The van der Waals surface area contributed by atoms with E-state index in [0.29, 0.717) is 19.1 Å². The second-order valence-corrected chi connectivity index (χ2v) is 8.92. The maximum absolute atomic E-state index is 13.9. The lowest BCUT2D eigenvalue weighted by atomic mass is 10.0. The molecular weight excluding hydrogens is 508 g/mol. The molecule has 2 aliphatic rings. The number of benzene rings is 2. The number of ether oxygens (including phenoxy) is 1. The second-order valence-electron chi connectivity index (χ2n) is 8.92. The highest BCUT2D eigenvalue weighted by Crippen LogP contribution is 2.40. The Hall–Kier alpha value is -3.58. The minimum Gasteiger partial charge on any atom is -0.391 e. The first-order valence-corrected chi connectivity index (χ1v) is 11.1. The second kappa shape index (κ2) is 8.77. The molecule has 3 aromatic rings. The van der Waals surface area contributed by atoms with E-state index in [1.165, 1.54) is 12.1 Å². The third kappa shape index (κ3) is 4.76. The third-order valence-corrected chi connectivity index (χ3v) is 6.46. The first-order valence-electron chi connectivity index (χ1n) is 11.1. The SMILES string of the molecule is O=C(Nc1ccc(N2C[C@@H](O)CC2[C@H]2CO2)cc1C(F)(F)F)c1c[nH]c2cccc(C(F)(F)F)c2c1=O. The van der Waals surface area contributed by atoms with Gasteiger partial charge in [0.1, 0.15) is 11.7 Å². The van der Waals surface area contributed by atoms with Gasteiger partial charge in [0.05, 0.1) is 41.0 Å². The Kier molecular flexibility index (Phi) is 5.94. The van der Waals surface area contributed by atoms with E-state index in [4.69, 9.17) is 4.74 Å². The summed E-state index contributed by atoms with van der Waals surface area (Å²) in [6, 6.07) is 5.80. The molecule has 37 heavy (non-hydrogen) atoms. The number of H-pyrrole nitrogens is 1. The molecule has 1 amide bonds. The highest BCUT2D eigenvalue weighted by Gasteiger charge is 2.44. The van der Waals surface area contributed by atoms with Crippen molar-refractivity contribution in [3.8, 4) is 0 Å². The number of β-amino-alcohol motifs (C(OH)–C–C–N with tert-alkyl or cyclic N) is 1. The lowest BCUT2D eigenvalue weighted by Gasteiger charge is -2.27. The number of pyridine rings is 1. The van der Waals surface area contributed by atoms with Crippen LogP contribution >= 0.6 is 0 Å². The molecule has 2 aromatic carbocycles. The monoisotopic (exact) mass is 527 g/mol. The minimum absolute atomic E-state index is 0.0987. The van der Waals surface area contributed by atoms with E-state index in [9.17, 15) is 41.0 Å². The Morgan fingerprint density at radius 2 is 1.78 bits per heavy atom. The highest BCUT2D eigenvalue weighted by atomic mass is 19.4. The molecule has 0 spiro atoms. The molecule has 0 radical (unpaired) electrons. The van der Waals surface area contributed by atoms with Crippen molar-refractivity contribution in [3.05, 3.63) is 69.5 Å². The zero-order valence-electron chi connectivity index (χ0n) is 18.8.